The molecule has 0 spiro atoms. The molecule has 44 heavy (non-hydrogen) atoms. The number of hydrogen-bond donors (Lipinski definition) is 0. The predicted molar refractivity (Wildman–Crippen MR) is 159 cm³/mol. The van der Waals surface area contributed by atoms with Gasteiger partial charge in [0.1, 0.15) is 23.0 Å². The smallest absolute Gasteiger partial charge is 0.411 e. The Hall–Kier alpha value is -4.72. The van der Waals surface area contributed by atoms with Crippen LogP contribution >= 0.6 is 0 Å². The van der Waals surface area contributed by atoms with Crippen LogP contribution < -0.4 is 9.47 Å². The molecule has 2 nitrogen and oxygen atoms in total. The van der Waals surface area contributed by atoms with Gasteiger partial charge in [-0.3, -0.25) is 0 Å². The quantitative estimate of drug-likeness (QED) is 0.179. The van der Waals surface area contributed by atoms with E-state index in [4.69, 9.17) is 9.47 Å². The van der Waals surface area contributed by atoms with Crippen molar-refractivity contribution in [3.63, 3.8) is 0 Å². The molecule has 0 aromatic heterocycles. The fourth-order valence-electron chi connectivity index (χ4n) is 4.70. The molecular formula is C36H30F6O2. The van der Waals surface area contributed by atoms with Gasteiger partial charge < -0.3 is 9.47 Å². The van der Waals surface area contributed by atoms with Gasteiger partial charge in [0, 0.05) is 6.07 Å². The van der Waals surface area contributed by atoms with Gasteiger partial charge in [0.2, 0.25) is 5.41 Å². The Labute approximate surface area is 252 Å². The number of ether oxygens (including phenoxy) is 2. The summed E-state index contributed by atoms with van der Waals surface area (Å²) in [4.78, 5) is 0. The molecule has 0 atom stereocenters. The first-order chi connectivity index (χ1) is 20.8. The third-order valence-electron chi connectivity index (χ3n) is 6.80. The van der Waals surface area contributed by atoms with Crippen LogP contribution in [-0.4, -0.2) is 12.4 Å². The Kier molecular flexibility index (Phi) is 9.72. The maximum absolute atomic E-state index is 13.6. The summed E-state index contributed by atoms with van der Waals surface area (Å²) in [6.45, 7) is 5.68. The first kappa shape index (κ1) is 32.2. The lowest BCUT2D eigenvalue weighted by Crippen LogP contribution is -2.54. The number of rotatable bonds is 6. The van der Waals surface area contributed by atoms with Crippen molar-refractivity contribution in [1.29, 1.82) is 0 Å². The van der Waals surface area contributed by atoms with Gasteiger partial charge in [-0.05, 0) is 79.4 Å². The lowest BCUT2D eigenvalue weighted by atomic mass is 9.73. The predicted octanol–water partition coefficient (Wildman–Crippen LogP) is 11.3. The van der Waals surface area contributed by atoms with Crippen LogP contribution in [0, 0.1) is 20.8 Å². The van der Waals surface area contributed by atoms with E-state index >= 15 is 0 Å². The van der Waals surface area contributed by atoms with E-state index in [1.165, 1.54) is 29.3 Å². The molecule has 0 aliphatic rings. The van der Waals surface area contributed by atoms with Gasteiger partial charge in [0.25, 0.3) is 0 Å². The standard InChI is InChI=1S/C20H18O2.C16H12F6/c1-15-6-3-8-17(12-15)21-19-10-5-11-20(14-19)22-18-9-4-7-16(2)13-18;1-11-7-9-13(10-8-11)14(15(17,18)19,16(20,21)22)12-5-3-2-4-6-12/h3-14H,1-2H3;2-10H,1H3. The van der Waals surface area contributed by atoms with Crippen LogP contribution in [-0.2, 0) is 5.41 Å². The topological polar surface area (TPSA) is 18.5 Å². The summed E-state index contributed by atoms with van der Waals surface area (Å²) in [5, 5.41) is 0. The minimum absolute atomic E-state index is 0.579. The third-order valence-corrected chi connectivity index (χ3v) is 6.80. The zero-order chi connectivity index (χ0) is 32.0. The van der Waals surface area contributed by atoms with Gasteiger partial charge in [-0.25, -0.2) is 0 Å². The van der Waals surface area contributed by atoms with Gasteiger partial charge >= 0.3 is 12.4 Å². The van der Waals surface area contributed by atoms with Crippen LogP contribution in [0.4, 0.5) is 26.3 Å². The summed E-state index contributed by atoms with van der Waals surface area (Å²) in [5.41, 5.74) is -2.82. The molecule has 0 unspecified atom stereocenters. The summed E-state index contributed by atoms with van der Waals surface area (Å²) in [6.07, 6.45) is -11.1. The Balaban J connectivity index is 0.000000201. The second kappa shape index (κ2) is 13.3. The first-order valence-electron chi connectivity index (χ1n) is 13.6. The number of aryl methyl sites for hydroxylation is 3. The Morgan fingerprint density at radius 2 is 0.773 bits per heavy atom. The molecule has 8 heteroatoms. The highest BCUT2D eigenvalue weighted by atomic mass is 19.4. The highest BCUT2D eigenvalue weighted by Crippen LogP contribution is 2.56. The second-order valence-corrected chi connectivity index (χ2v) is 10.3. The van der Waals surface area contributed by atoms with Gasteiger partial charge in [-0.2, -0.15) is 26.3 Å². The maximum Gasteiger partial charge on any atom is 0.411 e. The van der Waals surface area contributed by atoms with E-state index in [9.17, 15) is 26.3 Å². The van der Waals surface area contributed by atoms with Gasteiger partial charge in [0.15, 0.2) is 0 Å². The zero-order valence-electron chi connectivity index (χ0n) is 24.2. The van der Waals surface area contributed by atoms with Crippen molar-refractivity contribution in [2.24, 2.45) is 0 Å². The molecule has 5 aromatic carbocycles. The Bertz CT molecular complexity index is 1580. The molecule has 0 amide bonds. The lowest BCUT2D eigenvalue weighted by molar-refractivity contribution is -0.288. The molecule has 0 aliphatic heterocycles. The molecule has 5 rings (SSSR count). The van der Waals surface area contributed by atoms with Gasteiger partial charge in [0.05, 0.1) is 0 Å². The van der Waals surface area contributed by atoms with Gasteiger partial charge in [-0.1, -0.05) is 90.5 Å². The van der Waals surface area contributed by atoms with Crippen molar-refractivity contribution in [2.45, 2.75) is 38.5 Å². The minimum Gasteiger partial charge on any atom is -0.457 e. The van der Waals surface area contributed by atoms with Crippen molar-refractivity contribution in [2.75, 3.05) is 0 Å². The van der Waals surface area contributed by atoms with Crippen molar-refractivity contribution in [3.05, 3.63) is 155 Å². The molecular weight excluding hydrogens is 578 g/mol. The summed E-state index contributed by atoms with van der Waals surface area (Å²) in [6, 6.07) is 33.3. The molecule has 0 N–H and O–H groups in total. The van der Waals surface area contributed by atoms with Crippen LogP contribution in [0.5, 0.6) is 23.0 Å². The molecule has 5 aromatic rings. The van der Waals surface area contributed by atoms with Crippen LogP contribution in [0.2, 0.25) is 0 Å². The molecule has 228 valence electrons. The number of halogens is 6. The summed E-state index contributed by atoms with van der Waals surface area (Å²) in [5.74, 6) is 3.17. The SMILES string of the molecule is Cc1ccc(C(c2ccccc2)(C(F)(F)F)C(F)(F)F)cc1.Cc1cccc(Oc2cccc(Oc3cccc(C)c3)c2)c1. The molecule has 0 radical (unpaired) electrons. The Morgan fingerprint density at radius 3 is 1.18 bits per heavy atom. The van der Waals surface area contributed by atoms with E-state index in [0.717, 1.165) is 59.4 Å². The molecule has 0 fully saturated rings. The van der Waals surface area contributed by atoms with Crippen LogP contribution in [0.1, 0.15) is 27.8 Å². The summed E-state index contributed by atoms with van der Waals surface area (Å²) >= 11 is 0. The summed E-state index contributed by atoms with van der Waals surface area (Å²) < 4.78 is 93.5. The molecule has 0 heterocycles. The van der Waals surface area contributed by atoms with E-state index < -0.39 is 28.9 Å². The maximum atomic E-state index is 13.6. The van der Waals surface area contributed by atoms with E-state index in [0.29, 0.717) is 5.56 Å². The zero-order valence-corrected chi connectivity index (χ0v) is 24.2. The van der Waals surface area contributed by atoms with E-state index in [1.807, 2.05) is 86.6 Å². The number of benzene rings is 5. The van der Waals surface area contributed by atoms with Crippen molar-refractivity contribution < 1.29 is 35.8 Å². The largest absolute Gasteiger partial charge is 0.457 e. The van der Waals surface area contributed by atoms with Crippen molar-refractivity contribution >= 4 is 0 Å². The molecule has 0 saturated heterocycles. The van der Waals surface area contributed by atoms with Crippen LogP contribution in [0.3, 0.4) is 0 Å². The van der Waals surface area contributed by atoms with Crippen LogP contribution in [0.15, 0.2) is 127 Å². The highest BCUT2D eigenvalue weighted by Gasteiger charge is 2.72. The van der Waals surface area contributed by atoms with E-state index in [1.54, 1.807) is 6.92 Å². The average Bonchev–Trinajstić information content (AvgIpc) is 2.94. The van der Waals surface area contributed by atoms with Crippen molar-refractivity contribution in [3.8, 4) is 23.0 Å². The Morgan fingerprint density at radius 1 is 0.386 bits per heavy atom. The fourth-order valence-corrected chi connectivity index (χ4v) is 4.70. The highest BCUT2D eigenvalue weighted by molar-refractivity contribution is 5.45. The first-order valence-corrected chi connectivity index (χ1v) is 13.6. The van der Waals surface area contributed by atoms with Crippen molar-refractivity contribution in [1.82, 2.24) is 0 Å². The minimum atomic E-state index is -5.53. The summed E-state index contributed by atoms with van der Waals surface area (Å²) in [7, 11) is 0. The molecule has 0 saturated carbocycles. The average molecular weight is 609 g/mol. The van der Waals surface area contributed by atoms with Crippen LogP contribution in [0.25, 0.3) is 0 Å². The van der Waals surface area contributed by atoms with E-state index in [-0.39, 0.29) is 0 Å². The third kappa shape index (κ3) is 7.43. The van der Waals surface area contributed by atoms with Gasteiger partial charge in [-0.15, -0.1) is 0 Å². The molecule has 0 bridgehead atoms. The second-order valence-electron chi connectivity index (χ2n) is 10.3. The number of alkyl halides is 6. The monoisotopic (exact) mass is 608 g/mol. The molecule has 0 aliphatic carbocycles. The fraction of sp³-hybridized carbons (Fsp3) is 0.167. The van der Waals surface area contributed by atoms with E-state index in [2.05, 4.69) is 0 Å². The number of hydrogen-bond acceptors (Lipinski definition) is 2. The normalized spacial score (nSPS) is 11.8. The lowest BCUT2D eigenvalue weighted by Gasteiger charge is -2.38.